The number of hydrogen-bond donors (Lipinski definition) is 3. The molecule has 0 unspecified atom stereocenters. The summed E-state index contributed by atoms with van der Waals surface area (Å²) in [5, 5.41) is 12.5. The lowest BCUT2D eigenvalue weighted by Crippen LogP contribution is -1.97. The van der Waals surface area contributed by atoms with E-state index in [0.29, 0.717) is 11.4 Å². The van der Waals surface area contributed by atoms with Crippen LogP contribution in [0.25, 0.3) is 0 Å². The molecule has 1 heterocycles. The molecule has 16 heavy (non-hydrogen) atoms. The number of phenols is 1. The monoisotopic (exact) mass is 235 g/mol. The summed E-state index contributed by atoms with van der Waals surface area (Å²) in [4.78, 5) is 3.86. The van der Waals surface area contributed by atoms with Crippen molar-refractivity contribution in [1.82, 2.24) is 4.98 Å². The minimum Gasteiger partial charge on any atom is -0.508 e. The average Bonchev–Trinajstić information content (AvgIpc) is 2.28. The summed E-state index contributed by atoms with van der Waals surface area (Å²) in [6.07, 6.45) is 1.57. The summed E-state index contributed by atoms with van der Waals surface area (Å²) in [7, 11) is 0. The van der Waals surface area contributed by atoms with Gasteiger partial charge in [-0.05, 0) is 30.3 Å². The van der Waals surface area contributed by atoms with Crippen LogP contribution in [0.2, 0.25) is 5.15 Å². The maximum absolute atomic E-state index is 9.14. The molecular formula is C11H10ClN3O. The molecule has 0 saturated carbocycles. The quantitative estimate of drug-likeness (QED) is 0.553. The Hall–Kier alpha value is -1.94. The van der Waals surface area contributed by atoms with Crippen molar-refractivity contribution in [2.45, 2.75) is 0 Å². The van der Waals surface area contributed by atoms with Crippen LogP contribution in [-0.4, -0.2) is 10.1 Å². The number of phenolic OH excluding ortho intramolecular Hbond substituents is 1. The number of pyridine rings is 1. The van der Waals surface area contributed by atoms with Crippen molar-refractivity contribution in [2.24, 2.45) is 0 Å². The molecule has 82 valence electrons. The lowest BCUT2D eigenvalue weighted by atomic mass is 10.2. The fourth-order valence-corrected chi connectivity index (χ4v) is 1.42. The average molecular weight is 236 g/mol. The lowest BCUT2D eigenvalue weighted by Gasteiger charge is -2.09. The SMILES string of the molecule is Nc1c(Nc2ccc(O)cc2)ccnc1Cl. The molecule has 0 spiro atoms. The molecule has 1 aromatic carbocycles. The number of nitrogens with zero attached hydrogens (tertiary/aromatic N) is 1. The van der Waals surface area contributed by atoms with Crippen LogP contribution in [0.1, 0.15) is 0 Å². The number of aromatic hydroxyl groups is 1. The van der Waals surface area contributed by atoms with Gasteiger partial charge in [0.1, 0.15) is 5.75 Å². The molecule has 5 heteroatoms. The molecule has 2 rings (SSSR count). The number of nitrogens with one attached hydrogen (secondary N) is 1. The van der Waals surface area contributed by atoms with E-state index in [1.807, 2.05) is 0 Å². The predicted molar refractivity (Wildman–Crippen MR) is 65.0 cm³/mol. The summed E-state index contributed by atoms with van der Waals surface area (Å²) in [5.74, 6) is 0.214. The topological polar surface area (TPSA) is 71.2 Å². The standard InChI is InChI=1S/C11H10ClN3O/c12-11-10(13)9(5-6-14-11)15-7-1-3-8(16)4-2-7/h1-6,16H,13H2,(H,14,15). The zero-order valence-electron chi connectivity index (χ0n) is 8.31. The first-order chi connectivity index (χ1) is 7.66. The molecule has 0 atom stereocenters. The van der Waals surface area contributed by atoms with Crippen molar-refractivity contribution in [3.8, 4) is 5.75 Å². The maximum Gasteiger partial charge on any atom is 0.154 e. The number of benzene rings is 1. The zero-order chi connectivity index (χ0) is 11.5. The minimum atomic E-state index is 0.214. The van der Waals surface area contributed by atoms with Gasteiger partial charge in [0, 0.05) is 11.9 Å². The van der Waals surface area contributed by atoms with E-state index in [-0.39, 0.29) is 10.9 Å². The zero-order valence-corrected chi connectivity index (χ0v) is 9.07. The first-order valence-electron chi connectivity index (χ1n) is 4.63. The fraction of sp³-hybridized carbons (Fsp3) is 0. The Morgan fingerprint density at radius 3 is 2.56 bits per heavy atom. The van der Waals surface area contributed by atoms with Gasteiger partial charge in [0.25, 0.3) is 0 Å². The third-order valence-corrected chi connectivity index (χ3v) is 2.39. The van der Waals surface area contributed by atoms with Crippen LogP contribution in [0.5, 0.6) is 5.75 Å². The number of anilines is 3. The first kappa shape index (κ1) is 10.6. The van der Waals surface area contributed by atoms with Gasteiger partial charge in [0.15, 0.2) is 5.15 Å². The third-order valence-electron chi connectivity index (χ3n) is 2.09. The van der Waals surface area contributed by atoms with Gasteiger partial charge in [-0.25, -0.2) is 4.98 Å². The molecule has 0 saturated heterocycles. The van der Waals surface area contributed by atoms with Crippen molar-refractivity contribution in [3.05, 3.63) is 41.7 Å². The van der Waals surface area contributed by atoms with Gasteiger partial charge >= 0.3 is 0 Å². The van der Waals surface area contributed by atoms with Crippen LogP contribution in [0.3, 0.4) is 0 Å². The van der Waals surface area contributed by atoms with Crippen LogP contribution in [0.4, 0.5) is 17.1 Å². The second kappa shape index (κ2) is 4.28. The maximum atomic E-state index is 9.14. The van der Waals surface area contributed by atoms with Gasteiger partial charge in [-0.2, -0.15) is 0 Å². The van der Waals surface area contributed by atoms with E-state index in [4.69, 9.17) is 22.4 Å². The van der Waals surface area contributed by atoms with Crippen molar-refractivity contribution in [2.75, 3.05) is 11.1 Å². The number of hydrogen-bond acceptors (Lipinski definition) is 4. The molecule has 2 aromatic rings. The molecule has 1 aromatic heterocycles. The van der Waals surface area contributed by atoms with Crippen LogP contribution >= 0.6 is 11.6 Å². The van der Waals surface area contributed by atoms with E-state index in [2.05, 4.69) is 10.3 Å². The second-order valence-corrected chi connectivity index (χ2v) is 3.59. The summed E-state index contributed by atoms with van der Waals surface area (Å²) >= 11 is 5.79. The highest BCUT2D eigenvalue weighted by Gasteiger charge is 2.04. The Bertz CT molecular complexity index is 499. The first-order valence-corrected chi connectivity index (χ1v) is 5.00. The molecule has 0 aliphatic heterocycles. The second-order valence-electron chi connectivity index (χ2n) is 3.23. The number of nitrogen functional groups attached to an aromatic ring is 1. The highest BCUT2D eigenvalue weighted by Crippen LogP contribution is 2.27. The highest BCUT2D eigenvalue weighted by atomic mass is 35.5. The van der Waals surface area contributed by atoms with Crippen molar-refractivity contribution in [3.63, 3.8) is 0 Å². The van der Waals surface area contributed by atoms with Gasteiger partial charge in [-0.1, -0.05) is 11.6 Å². The largest absolute Gasteiger partial charge is 0.508 e. The molecule has 4 N–H and O–H groups in total. The Labute approximate surface area is 97.7 Å². The van der Waals surface area contributed by atoms with E-state index in [1.54, 1.807) is 36.5 Å². The van der Waals surface area contributed by atoms with Gasteiger partial charge < -0.3 is 16.2 Å². The van der Waals surface area contributed by atoms with Crippen LogP contribution < -0.4 is 11.1 Å². The fourth-order valence-electron chi connectivity index (χ4n) is 1.26. The van der Waals surface area contributed by atoms with Gasteiger partial charge in [-0.15, -0.1) is 0 Å². The normalized spacial score (nSPS) is 10.1. The summed E-state index contributed by atoms with van der Waals surface area (Å²) < 4.78 is 0. The van der Waals surface area contributed by atoms with Gasteiger partial charge in [0.2, 0.25) is 0 Å². The van der Waals surface area contributed by atoms with Crippen molar-refractivity contribution < 1.29 is 5.11 Å². The Kier molecular flexibility index (Phi) is 2.83. The van der Waals surface area contributed by atoms with Gasteiger partial charge in [0.05, 0.1) is 11.4 Å². The number of nitrogens with two attached hydrogens (primary N) is 1. The molecule has 0 aliphatic carbocycles. The predicted octanol–water partition coefficient (Wildman–Crippen LogP) is 2.77. The van der Waals surface area contributed by atoms with E-state index in [9.17, 15) is 0 Å². The van der Waals surface area contributed by atoms with E-state index < -0.39 is 0 Å². The molecule has 0 radical (unpaired) electrons. The Morgan fingerprint density at radius 2 is 1.88 bits per heavy atom. The Balaban J connectivity index is 2.27. The van der Waals surface area contributed by atoms with Crippen LogP contribution in [0.15, 0.2) is 36.5 Å². The summed E-state index contributed by atoms with van der Waals surface area (Å²) in [6, 6.07) is 8.38. The van der Waals surface area contributed by atoms with Crippen molar-refractivity contribution in [1.29, 1.82) is 0 Å². The molecule has 0 aliphatic rings. The van der Waals surface area contributed by atoms with E-state index in [0.717, 1.165) is 5.69 Å². The molecular weight excluding hydrogens is 226 g/mol. The molecule has 0 amide bonds. The number of halogens is 1. The van der Waals surface area contributed by atoms with Crippen LogP contribution in [0, 0.1) is 0 Å². The minimum absolute atomic E-state index is 0.214. The van der Waals surface area contributed by atoms with E-state index >= 15 is 0 Å². The van der Waals surface area contributed by atoms with Crippen molar-refractivity contribution >= 4 is 28.7 Å². The lowest BCUT2D eigenvalue weighted by molar-refractivity contribution is 0.475. The van der Waals surface area contributed by atoms with Crippen LogP contribution in [-0.2, 0) is 0 Å². The third kappa shape index (κ3) is 2.17. The van der Waals surface area contributed by atoms with E-state index in [1.165, 1.54) is 0 Å². The molecule has 0 fully saturated rings. The van der Waals surface area contributed by atoms with Gasteiger partial charge in [-0.3, -0.25) is 0 Å². The number of rotatable bonds is 2. The smallest absolute Gasteiger partial charge is 0.154 e. The summed E-state index contributed by atoms with van der Waals surface area (Å²) in [6.45, 7) is 0. The molecule has 0 bridgehead atoms. The highest BCUT2D eigenvalue weighted by molar-refractivity contribution is 6.32. The Morgan fingerprint density at radius 1 is 1.19 bits per heavy atom. The number of aromatic nitrogens is 1. The summed E-state index contributed by atoms with van der Waals surface area (Å²) in [5.41, 5.74) is 7.65. The molecule has 4 nitrogen and oxygen atoms in total.